The van der Waals surface area contributed by atoms with Crippen LogP contribution in [-0.2, 0) is 6.54 Å². The molecule has 32 heavy (non-hydrogen) atoms. The largest absolute Gasteiger partial charge is 0.459 e. The maximum absolute atomic E-state index is 13.4. The summed E-state index contributed by atoms with van der Waals surface area (Å²) >= 11 is 1.44. The van der Waals surface area contributed by atoms with Gasteiger partial charge in [-0.1, -0.05) is 25.1 Å². The molecule has 4 aromatic heterocycles. The molecule has 0 saturated carbocycles. The molecule has 0 bridgehead atoms. The Hall–Kier alpha value is -3.72. The molecule has 0 spiro atoms. The van der Waals surface area contributed by atoms with Crippen molar-refractivity contribution in [3.05, 3.63) is 71.3 Å². The summed E-state index contributed by atoms with van der Waals surface area (Å²) in [5.41, 5.74) is 1.86. The first-order valence-corrected chi connectivity index (χ1v) is 11.2. The molecule has 0 fully saturated rings. The van der Waals surface area contributed by atoms with Gasteiger partial charge in [0, 0.05) is 11.9 Å². The van der Waals surface area contributed by atoms with Gasteiger partial charge in [-0.15, -0.1) is 21.5 Å². The van der Waals surface area contributed by atoms with Gasteiger partial charge in [-0.25, -0.2) is 4.68 Å². The van der Waals surface area contributed by atoms with Crippen molar-refractivity contribution < 1.29 is 13.6 Å². The number of rotatable bonds is 7. The minimum absolute atomic E-state index is 0.0650. The van der Waals surface area contributed by atoms with Gasteiger partial charge in [0.05, 0.1) is 29.1 Å². The molecule has 5 aromatic rings. The fourth-order valence-electron chi connectivity index (χ4n) is 3.56. The van der Waals surface area contributed by atoms with Gasteiger partial charge in [0.2, 0.25) is 5.89 Å². The van der Waals surface area contributed by atoms with Gasteiger partial charge >= 0.3 is 0 Å². The second-order valence-electron chi connectivity index (χ2n) is 7.37. The molecule has 1 amide bonds. The number of fused-ring (bicyclic) bond motifs is 1. The summed E-state index contributed by atoms with van der Waals surface area (Å²) in [5.74, 6) is 1.10. The van der Waals surface area contributed by atoms with Gasteiger partial charge in [0.15, 0.2) is 5.76 Å². The summed E-state index contributed by atoms with van der Waals surface area (Å²) in [6.07, 6.45) is 2.36. The number of carbonyl (C=O) groups is 1. The van der Waals surface area contributed by atoms with Gasteiger partial charge in [0.25, 0.3) is 11.8 Å². The highest BCUT2D eigenvalue weighted by Crippen LogP contribution is 2.31. The van der Waals surface area contributed by atoms with Gasteiger partial charge < -0.3 is 13.7 Å². The van der Waals surface area contributed by atoms with Crippen molar-refractivity contribution in [2.45, 2.75) is 26.8 Å². The number of aromatic nitrogens is 4. The van der Waals surface area contributed by atoms with Crippen LogP contribution in [0.25, 0.3) is 27.6 Å². The Bertz CT molecular complexity index is 1350. The zero-order chi connectivity index (χ0) is 22.1. The maximum atomic E-state index is 13.4. The van der Waals surface area contributed by atoms with E-state index in [1.54, 1.807) is 23.3 Å². The van der Waals surface area contributed by atoms with E-state index in [9.17, 15) is 4.79 Å². The average Bonchev–Trinajstić information content (AvgIpc) is 3.59. The Balaban J connectivity index is 1.43. The second kappa shape index (κ2) is 8.43. The number of amides is 1. The topological polar surface area (TPSA) is 90.2 Å². The van der Waals surface area contributed by atoms with Crippen molar-refractivity contribution in [3.63, 3.8) is 0 Å². The summed E-state index contributed by atoms with van der Waals surface area (Å²) in [6.45, 7) is 4.81. The van der Waals surface area contributed by atoms with Crippen LogP contribution in [0, 0.1) is 6.92 Å². The lowest BCUT2D eigenvalue weighted by molar-refractivity contribution is 0.0733. The van der Waals surface area contributed by atoms with E-state index in [1.807, 2.05) is 54.9 Å². The summed E-state index contributed by atoms with van der Waals surface area (Å²) in [4.78, 5) is 16.7. The molecule has 0 unspecified atom stereocenters. The van der Waals surface area contributed by atoms with Gasteiger partial charge in [-0.2, -0.15) is 5.10 Å². The fraction of sp³-hybridized carbons (Fsp3) is 0.217. The lowest BCUT2D eigenvalue weighted by Crippen LogP contribution is -2.30. The number of carbonyl (C=O) groups excluding carboxylic acids is 1. The standard InChI is InChI=1S/C23H21N5O3S/c1-3-11-27(14-20-24-25-21(31-20)18-10-7-12-30-18)22(29)19-13-17-15(2)26-28(23(17)32-19)16-8-5-4-6-9-16/h4-10,12-13H,3,11,14H2,1-2H3. The first kappa shape index (κ1) is 20.2. The highest BCUT2D eigenvalue weighted by atomic mass is 32.1. The van der Waals surface area contributed by atoms with Crippen LogP contribution in [0.1, 0.15) is 34.6 Å². The minimum atomic E-state index is -0.0650. The Labute approximate surface area is 188 Å². The SMILES string of the molecule is CCCN(Cc1nnc(-c2ccco2)o1)C(=O)c1cc2c(C)nn(-c3ccccc3)c2s1. The Kier molecular flexibility index (Phi) is 5.32. The number of para-hydroxylation sites is 1. The van der Waals surface area contributed by atoms with Crippen molar-refractivity contribution in [2.24, 2.45) is 0 Å². The molecule has 8 nitrogen and oxygen atoms in total. The predicted molar refractivity (Wildman–Crippen MR) is 121 cm³/mol. The van der Waals surface area contributed by atoms with Crippen molar-refractivity contribution in [1.29, 1.82) is 0 Å². The lowest BCUT2D eigenvalue weighted by Gasteiger charge is -2.19. The summed E-state index contributed by atoms with van der Waals surface area (Å²) in [7, 11) is 0. The van der Waals surface area contributed by atoms with Crippen LogP contribution in [0.15, 0.2) is 63.6 Å². The molecule has 0 atom stereocenters. The third-order valence-electron chi connectivity index (χ3n) is 5.06. The Morgan fingerprint density at radius 2 is 2.00 bits per heavy atom. The molecule has 0 aliphatic heterocycles. The van der Waals surface area contributed by atoms with Crippen LogP contribution in [0.3, 0.4) is 0 Å². The summed E-state index contributed by atoms with van der Waals surface area (Å²) in [6, 6.07) is 15.4. The van der Waals surface area contributed by atoms with Crippen molar-refractivity contribution >= 4 is 27.5 Å². The van der Waals surface area contributed by atoms with E-state index in [1.165, 1.54) is 11.3 Å². The molecule has 5 rings (SSSR count). The van der Waals surface area contributed by atoms with Crippen LogP contribution in [0.4, 0.5) is 0 Å². The average molecular weight is 448 g/mol. The molecular formula is C23H21N5O3S. The number of aryl methyl sites for hydroxylation is 1. The number of nitrogens with zero attached hydrogens (tertiary/aromatic N) is 5. The maximum Gasteiger partial charge on any atom is 0.283 e. The van der Waals surface area contributed by atoms with Gasteiger partial charge in [0.1, 0.15) is 4.83 Å². The lowest BCUT2D eigenvalue weighted by atomic mass is 10.3. The predicted octanol–water partition coefficient (Wildman–Crippen LogP) is 5.09. The normalized spacial score (nSPS) is 11.3. The Morgan fingerprint density at radius 1 is 1.16 bits per heavy atom. The van der Waals surface area contributed by atoms with E-state index in [2.05, 4.69) is 15.3 Å². The molecule has 0 N–H and O–H groups in total. The van der Waals surface area contributed by atoms with E-state index in [0.717, 1.165) is 28.0 Å². The molecule has 0 radical (unpaired) electrons. The van der Waals surface area contributed by atoms with Crippen molar-refractivity contribution in [2.75, 3.05) is 6.54 Å². The van der Waals surface area contributed by atoms with Crippen molar-refractivity contribution in [3.8, 4) is 17.3 Å². The number of hydrogen-bond acceptors (Lipinski definition) is 7. The molecule has 0 aliphatic rings. The molecule has 9 heteroatoms. The van der Waals surface area contributed by atoms with Crippen LogP contribution in [-0.4, -0.2) is 37.3 Å². The minimum Gasteiger partial charge on any atom is -0.459 e. The third-order valence-corrected chi connectivity index (χ3v) is 6.16. The molecule has 0 aliphatic carbocycles. The van der Waals surface area contributed by atoms with Gasteiger partial charge in [-0.05, 0) is 43.7 Å². The van der Waals surface area contributed by atoms with Crippen molar-refractivity contribution in [1.82, 2.24) is 24.9 Å². The first-order chi connectivity index (χ1) is 15.6. The third kappa shape index (κ3) is 3.71. The van der Waals surface area contributed by atoms with E-state index in [0.29, 0.717) is 29.0 Å². The molecule has 4 heterocycles. The molecule has 1 aromatic carbocycles. The molecular weight excluding hydrogens is 426 g/mol. The van der Waals surface area contributed by atoms with Gasteiger partial charge in [-0.3, -0.25) is 4.79 Å². The monoisotopic (exact) mass is 447 g/mol. The second-order valence-corrected chi connectivity index (χ2v) is 8.40. The van der Waals surface area contributed by atoms with Crippen LogP contribution >= 0.6 is 11.3 Å². The highest BCUT2D eigenvalue weighted by Gasteiger charge is 2.23. The number of benzene rings is 1. The first-order valence-electron chi connectivity index (χ1n) is 10.3. The zero-order valence-corrected chi connectivity index (χ0v) is 18.5. The quantitative estimate of drug-likeness (QED) is 0.345. The number of thiophene rings is 1. The highest BCUT2D eigenvalue weighted by molar-refractivity contribution is 7.20. The van der Waals surface area contributed by atoms with E-state index in [-0.39, 0.29) is 12.5 Å². The Morgan fingerprint density at radius 3 is 2.75 bits per heavy atom. The molecule has 0 saturated heterocycles. The summed E-state index contributed by atoms with van der Waals surface area (Å²) in [5, 5.41) is 13.8. The molecule has 162 valence electrons. The number of furan rings is 1. The van der Waals surface area contributed by atoms with E-state index < -0.39 is 0 Å². The van der Waals surface area contributed by atoms with E-state index >= 15 is 0 Å². The smallest absolute Gasteiger partial charge is 0.283 e. The van der Waals surface area contributed by atoms with Crippen LogP contribution < -0.4 is 0 Å². The zero-order valence-electron chi connectivity index (χ0n) is 17.7. The summed E-state index contributed by atoms with van der Waals surface area (Å²) < 4.78 is 12.9. The van der Waals surface area contributed by atoms with Crippen LogP contribution in [0.5, 0.6) is 0 Å². The number of hydrogen-bond donors (Lipinski definition) is 0. The fourth-order valence-corrected chi connectivity index (χ4v) is 4.71. The van der Waals surface area contributed by atoms with E-state index in [4.69, 9.17) is 8.83 Å². The van der Waals surface area contributed by atoms with Crippen LogP contribution in [0.2, 0.25) is 0 Å².